The van der Waals surface area contributed by atoms with Gasteiger partial charge in [0.1, 0.15) is 18.4 Å². The molecule has 4 fully saturated rings. The molecule has 4 aliphatic rings. The van der Waals surface area contributed by atoms with E-state index in [4.69, 9.17) is 4.74 Å². The Morgan fingerprint density at radius 2 is 1.56 bits per heavy atom. The maximum Gasteiger partial charge on any atom is 0.326 e. The molecule has 4 aliphatic carbocycles. The van der Waals surface area contributed by atoms with E-state index in [0.717, 1.165) is 41.9 Å². The second kappa shape index (κ2) is 9.66. The summed E-state index contributed by atoms with van der Waals surface area (Å²) in [7, 11) is -3.31. The third-order valence-corrected chi connectivity index (χ3v) is 10.2. The summed E-state index contributed by atoms with van der Waals surface area (Å²) in [5, 5.41) is 14.9. The summed E-state index contributed by atoms with van der Waals surface area (Å²) in [6.45, 7) is 0.121. The number of benzene rings is 3. The molecule has 0 aromatic heterocycles. The van der Waals surface area contributed by atoms with Crippen molar-refractivity contribution in [2.24, 2.45) is 23.2 Å². The van der Waals surface area contributed by atoms with E-state index >= 15 is 0 Å². The van der Waals surface area contributed by atoms with Crippen LogP contribution in [0.5, 0.6) is 5.75 Å². The van der Waals surface area contributed by atoms with Gasteiger partial charge < -0.3 is 15.2 Å². The molecule has 1 amide bonds. The molecule has 204 valence electrons. The number of carbonyl (C=O) groups is 2. The van der Waals surface area contributed by atoms with Crippen molar-refractivity contribution < 1.29 is 27.9 Å². The first-order chi connectivity index (χ1) is 18.6. The van der Waals surface area contributed by atoms with Crippen LogP contribution in [0.4, 0.5) is 0 Å². The Balaban J connectivity index is 1.29. The van der Waals surface area contributed by atoms with Crippen molar-refractivity contribution in [2.75, 3.05) is 6.26 Å². The van der Waals surface area contributed by atoms with Crippen LogP contribution in [0, 0.1) is 23.2 Å². The van der Waals surface area contributed by atoms with Crippen LogP contribution in [0.15, 0.2) is 65.6 Å². The Kier molecular flexibility index (Phi) is 6.41. The summed E-state index contributed by atoms with van der Waals surface area (Å²) in [4.78, 5) is 26.6. The minimum absolute atomic E-state index is 0.121. The Morgan fingerprint density at radius 1 is 0.949 bits per heavy atom. The Bertz CT molecular complexity index is 1510. The molecule has 0 saturated heterocycles. The summed E-state index contributed by atoms with van der Waals surface area (Å²) < 4.78 is 29.8. The first kappa shape index (κ1) is 25.9. The van der Waals surface area contributed by atoms with Gasteiger partial charge >= 0.3 is 5.97 Å². The standard InChI is InChI=1S/C31H33NO6S/c1-39(36,37)24-9-6-19(7-10-24)18-38-27-25-5-3-2-4-23(25)8-11-26(27)29(33)32-28(30(34)35)31-15-20-12-21(16-31)14-22(13-20)17-31/h2-11,20-22,28H,12-18H2,1H3,(H,32,33)(H,34,35)/t20?,21?,22?,28-,31?/m1/s1. The number of ether oxygens (including phenoxy) is 1. The molecule has 0 heterocycles. The van der Waals surface area contributed by atoms with E-state index in [1.165, 1.54) is 31.4 Å². The number of amides is 1. The van der Waals surface area contributed by atoms with E-state index in [9.17, 15) is 23.1 Å². The van der Waals surface area contributed by atoms with Gasteiger partial charge in [0.05, 0.1) is 10.5 Å². The zero-order valence-electron chi connectivity index (χ0n) is 21.9. The molecular weight excluding hydrogens is 514 g/mol. The number of hydrogen-bond donors (Lipinski definition) is 2. The molecule has 7 rings (SSSR count). The third kappa shape index (κ3) is 4.91. The first-order valence-corrected chi connectivity index (χ1v) is 15.5. The molecule has 0 spiro atoms. The number of rotatable bonds is 8. The van der Waals surface area contributed by atoms with Gasteiger partial charge in [0, 0.05) is 17.1 Å². The van der Waals surface area contributed by atoms with E-state index in [1.807, 2.05) is 30.3 Å². The summed E-state index contributed by atoms with van der Waals surface area (Å²) >= 11 is 0. The van der Waals surface area contributed by atoms with Crippen molar-refractivity contribution >= 4 is 32.5 Å². The lowest BCUT2D eigenvalue weighted by molar-refractivity contribution is -0.150. The van der Waals surface area contributed by atoms with Crippen LogP contribution >= 0.6 is 0 Å². The van der Waals surface area contributed by atoms with Crippen LogP contribution in [0.1, 0.15) is 54.4 Å². The maximum absolute atomic E-state index is 13.8. The number of sulfone groups is 1. The summed E-state index contributed by atoms with van der Waals surface area (Å²) in [5.74, 6) is 0.634. The number of aliphatic carboxylic acids is 1. The second-order valence-corrected chi connectivity index (χ2v) is 13.9. The predicted octanol–water partition coefficient (Wildman–Crippen LogP) is 5.22. The van der Waals surface area contributed by atoms with Gasteiger partial charge in [-0.25, -0.2) is 13.2 Å². The van der Waals surface area contributed by atoms with Crippen molar-refractivity contribution in [1.82, 2.24) is 5.32 Å². The molecule has 7 nitrogen and oxygen atoms in total. The van der Waals surface area contributed by atoms with E-state index < -0.39 is 33.2 Å². The molecule has 3 aromatic carbocycles. The number of nitrogens with one attached hydrogen (secondary N) is 1. The minimum atomic E-state index is -3.31. The fourth-order valence-corrected chi connectivity index (χ4v) is 8.41. The highest BCUT2D eigenvalue weighted by Crippen LogP contribution is 2.61. The normalized spacial score (nSPS) is 26.3. The molecule has 39 heavy (non-hydrogen) atoms. The molecule has 4 bridgehead atoms. The van der Waals surface area contributed by atoms with Crippen molar-refractivity contribution in [2.45, 2.75) is 56.1 Å². The van der Waals surface area contributed by atoms with Gasteiger partial charge in [-0.15, -0.1) is 0 Å². The summed E-state index contributed by atoms with van der Waals surface area (Å²) in [6, 6.07) is 16.6. The van der Waals surface area contributed by atoms with Crippen molar-refractivity contribution in [1.29, 1.82) is 0 Å². The van der Waals surface area contributed by atoms with Crippen LogP contribution in [-0.2, 0) is 21.2 Å². The topological polar surface area (TPSA) is 110 Å². The Labute approximate surface area is 228 Å². The molecule has 8 heteroatoms. The van der Waals surface area contributed by atoms with Crippen LogP contribution in [0.2, 0.25) is 0 Å². The van der Waals surface area contributed by atoms with E-state index in [-0.39, 0.29) is 17.1 Å². The van der Waals surface area contributed by atoms with E-state index in [2.05, 4.69) is 5.32 Å². The molecule has 0 aliphatic heterocycles. The largest absolute Gasteiger partial charge is 0.487 e. The predicted molar refractivity (Wildman–Crippen MR) is 147 cm³/mol. The molecular formula is C31H33NO6S. The Hall–Kier alpha value is -3.39. The van der Waals surface area contributed by atoms with Gasteiger partial charge in [-0.2, -0.15) is 0 Å². The van der Waals surface area contributed by atoms with Gasteiger partial charge in [0.15, 0.2) is 9.84 Å². The SMILES string of the molecule is CS(=O)(=O)c1ccc(COc2c(C(=O)N[C@H](C(=O)O)C34CC5CC(CC(C5)C3)C4)ccc3ccccc23)cc1. The van der Waals surface area contributed by atoms with Gasteiger partial charge in [0.2, 0.25) is 0 Å². The third-order valence-electron chi connectivity index (χ3n) is 9.08. The monoisotopic (exact) mass is 547 g/mol. The highest BCUT2D eigenvalue weighted by atomic mass is 32.2. The lowest BCUT2D eigenvalue weighted by Crippen LogP contribution is -2.59. The lowest BCUT2D eigenvalue weighted by atomic mass is 9.47. The van der Waals surface area contributed by atoms with Crippen LogP contribution in [0.25, 0.3) is 10.8 Å². The average molecular weight is 548 g/mol. The summed E-state index contributed by atoms with van der Waals surface area (Å²) in [5.41, 5.74) is 0.645. The average Bonchev–Trinajstić information content (AvgIpc) is 2.89. The highest BCUT2D eigenvalue weighted by Gasteiger charge is 2.56. The second-order valence-electron chi connectivity index (χ2n) is 11.9. The van der Waals surface area contributed by atoms with Crippen LogP contribution in [-0.4, -0.2) is 37.7 Å². The van der Waals surface area contributed by atoms with Crippen molar-refractivity contribution in [3.8, 4) is 5.75 Å². The van der Waals surface area contributed by atoms with Crippen molar-refractivity contribution in [3.63, 3.8) is 0 Å². The zero-order chi connectivity index (χ0) is 27.4. The fourth-order valence-electron chi connectivity index (χ4n) is 7.78. The Morgan fingerprint density at radius 3 is 2.15 bits per heavy atom. The molecule has 0 unspecified atom stereocenters. The van der Waals surface area contributed by atoms with E-state index in [1.54, 1.807) is 18.2 Å². The fraction of sp³-hybridized carbons (Fsp3) is 0.419. The van der Waals surface area contributed by atoms with Crippen LogP contribution < -0.4 is 10.1 Å². The molecule has 1 atom stereocenters. The van der Waals surface area contributed by atoms with Crippen LogP contribution in [0.3, 0.4) is 0 Å². The molecule has 2 N–H and O–H groups in total. The summed E-state index contributed by atoms with van der Waals surface area (Å²) in [6.07, 6.45) is 7.31. The van der Waals surface area contributed by atoms with Gasteiger partial charge in [-0.05, 0) is 85.4 Å². The van der Waals surface area contributed by atoms with Crippen molar-refractivity contribution in [3.05, 3.63) is 71.8 Å². The molecule has 0 radical (unpaired) electrons. The van der Waals surface area contributed by atoms with Gasteiger partial charge in [-0.1, -0.05) is 42.5 Å². The first-order valence-electron chi connectivity index (χ1n) is 13.6. The molecule has 3 aromatic rings. The highest BCUT2D eigenvalue weighted by molar-refractivity contribution is 7.90. The molecule has 4 saturated carbocycles. The number of carbonyl (C=O) groups excluding carboxylic acids is 1. The zero-order valence-corrected chi connectivity index (χ0v) is 22.7. The number of hydrogen-bond acceptors (Lipinski definition) is 5. The van der Waals surface area contributed by atoms with Gasteiger partial charge in [0.25, 0.3) is 5.91 Å². The maximum atomic E-state index is 13.8. The van der Waals surface area contributed by atoms with Gasteiger partial charge in [-0.3, -0.25) is 4.79 Å². The van der Waals surface area contributed by atoms with E-state index in [0.29, 0.717) is 23.5 Å². The smallest absolute Gasteiger partial charge is 0.326 e. The number of carboxylic acid groups (broad SMARTS) is 1. The number of carboxylic acids is 1. The quantitative estimate of drug-likeness (QED) is 0.400. The lowest BCUT2D eigenvalue weighted by Gasteiger charge is -2.58. The minimum Gasteiger partial charge on any atom is -0.487 e. The number of fused-ring (bicyclic) bond motifs is 1.